The molecule has 0 aliphatic rings. The number of aromatic nitrogens is 1. The molecule has 2 amide bonds. The van der Waals surface area contributed by atoms with Crippen LogP contribution in [0.2, 0.25) is 0 Å². The summed E-state index contributed by atoms with van der Waals surface area (Å²) in [6, 6.07) is 15.7. The van der Waals surface area contributed by atoms with Crippen molar-refractivity contribution in [3.05, 3.63) is 80.8 Å². The minimum absolute atomic E-state index is 0.143. The standard InChI is InChI=1S/C22H23N3O2S/c1-14-9-15(2)11-18(10-14)25-19(26)12-20-24-16(3)21(28-20)22(27)23-13-17-7-5-4-6-8-17/h4-11H,12-13H2,1-3H3,(H,23,27)(H,25,26). The largest absolute Gasteiger partial charge is 0.347 e. The molecule has 2 aromatic carbocycles. The third kappa shape index (κ3) is 5.27. The molecule has 2 N–H and O–H groups in total. The molecule has 0 radical (unpaired) electrons. The zero-order valence-electron chi connectivity index (χ0n) is 16.2. The maximum absolute atomic E-state index is 12.5. The molecule has 3 aromatic rings. The van der Waals surface area contributed by atoms with Crippen LogP contribution >= 0.6 is 11.3 Å². The van der Waals surface area contributed by atoms with Crippen LogP contribution in [0.5, 0.6) is 0 Å². The zero-order chi connectivity index (χ0) is 20.1. The van der Waals surface area contributed by atoms with E-state index in [9.17, 15) is 9.59 Å². The van der Waals surface area contributed by atoms with E-state index in [0.29, 0.717) is 22.1 Å². The lowest BCUT2D eigenvalue weighted by Gasteiger charge is -2.06. The summed E-state index contributed by atoms with van der Waals surface area (Å²) >= 11 is 1.26. The highest BCUT2D eigenvalue weighted by Gasteiger charge is 2.17. The Hall–Kier alpha value is -2.99. The molecule has 0 fully saturated rings. The van der Waals surface area contributed by atoms with Crippen LogP contribution in [-0.4, -0.2) is 16.8 Å². The molecule has 6 heteroatoms. The van der Waals surface area contributed by atoms with Crippen LogP contribution in [0.3, 0.4) is 0 Å². The number of thiazole rings is 1. The average molecular weight is 394 g/mol. The molecule has 0 atom stereocenters. The SMILES string of the molecule is Cc1cc(C)cc(NC(=O)Cc2nc(C)c(C(=O)NCc3ccccc3)s2)c1. The third-order valence-electron chi connectivity index (χ3n) is 4.16. The quantitative estimate of drug-likeness (QED) is 0.660. The fraction of sp³-hybridized carbons (Fsp3) is 0.227. The molecule has 0 saturated carbocycles. The van der Waals surface area contributed by atoms with Crippen molar-refractivity contribution in [3.8, 4) is 0 Å². The van der Waals surface area contributed by atoms with Gasteiger partial charge in [0.05, 0.1) is 12.1 Å². The van der Waals surface area contributed by atoms with Crippen LogP contribution in [0.15, 0.2) is 48.5 Å². The lowest BCUT2D eigenvalue weighted by atomic mass is 10.1. The lowest BCUT2D eigenvalue weighted by Crippen LogP contribution is -2.22. The maximum atomic E-state index is 12.5. The first-order valence-corrected chi connectivity index (χ1v) is 9.89. The molecule has 0 unspecified atom stereocenters. The summed E-state index contributed by atoms with van der Waals surface area (Å²) in [4.78, 5) is 29.8. The summed E-state index contributed by atoms with van der Waals surface area (Å²) in [5.74, 6) is -0.310. The van der Waals surface area contributed by atoms with E-state index in [1.54, 1.807) is 6.92 Å². The summed E-state index contributed by atoms with van der Waals surface area (Å²) in [7, 11) is 0. The van der Waals surface area contributed by atoms with Crippen molar-refractivity contribution in [1.82, 2.24) is 10.3 Å². The van der Waals surface area contributed by atoms with Gasteiger partial charge in [-0.1, -0.05) is 36.4 Å². The Labute approximate surface area is 168 Å². The van der Waals surface area contributed by atoms with Crippen LogP contribution in [0, 0.1) is 20.8 Å². The molecule has 1 aromatic heterocycles. The van der Waals surface area contributed by atoms with Crippen molar-refractivity contribution in [2.45, 2.75) is 33.7 Å². The maximum Gasteiger partial charge on any atom is 0.263 e. The van der Waals surface area contributed by atoms with Gasteiger partial charge in [0.25, 0.3) is 5.91 Å². The number of amides is 2. The smallest absolute Gasteiger partial charge is 0.263 e. The fourth-order valence-electron chi connectivity index (χ4n) is 2.99. The van der Waals surface area contributed by atoms with Crippen molar-refractivity contribution < 1.29 is 9.59 Å². The lowest BCUT2D eigenvalue weighted by molar-refractivity contribution is -0.115. The molecule has 28 heavy (non-hydrogen) atoms. The minimum atomic E-state index is -0.167. The summed E-state index contributed by atoms with van der Waals surface area (Å²) in [5.41, 5.74) is 4.64. The minimum Gasteiger partial charge on any atom is -0.347 e. The number of benzene rings is 2. The van der Waals surface area contributed by atoms with Crippen LogP contribution < -0.4 is 10.6 Å². The molecule has 0 saturated heterocycles. The van der Waals surface area contributed by atoms with E-state index in [2.05, 4.69) is 21.7 Å². The first kappa shape index (κ1) is 19.8. The van der Waals surface area contributed by atoms with Gasteiger partial charge >= 0.3 is 0 Å². The number of carbonyl (C=O) groups is 2. The van der Waals surface area contributed by atoms with Gasteiger partial charge in [-0.05, 0) is 49.6 Å². The molecule has 1 heterocycles. The summed E-state index contributed by atoms with van der Waals surface area (Å²) in [6.45, 7) is 6.24. The molecular weight excluding hydrogens is 370 g/mol. The topological polar surface area (TPSA) is 71.1 Å². The van der Waals surface area contributed by atoms with Crippen LogP contribution in [0.25, 0.3) is 0 Å². The number of anilines is 1. The Morgan fingerprint density at radius 2 is 1.68 bits per heavy atom. The number of carbonyl (C=O) groups excluding carboxylic acids is 2. The van der Waals surface area contributed by atoms with E-state index in [1.165, 1.54) is 11.3 Å². The molecule has 0 bridgehead atoms. The predicted molar refractivity (Wildman–Crippen MR) is 113 cm³/mol. The van der Waals surface area contributed by atoms with E-state index in [-0.39, 0.29) is 18.2 Å². The molecular formula is C22H23N3O2S. The van der Waals surface area contributed by atoms with Gasteiger partial charge in [-0.3, -0.25) is 9.59 Å². The third-order valence-corrected chi connectivity index (χ3v) is 5.32. The zero-order valence-corrected chi connectivity index (χ0v) is 17.0. The number of hydrogen-bond donors (Lipinski definition) is 2. The normalized spacial score (nSPS) is 10.5. The highest BCUT2D eigenvalue weighted by Crippen LogP contribution is 2.20. The van der Waals surface area contributed by atoms with Gasteiger partial charge < -0.3 is 10.6 Å². The number of nitrogens with one attached hydrogen (secondary N) is 2. The van der Waals surface area contributed by atoms with Crippen molar-refractivity contribution in [1.29, 1.82) is 0 Å². The highest BCUT2D eigenvalue weighted by atomic mass is 32.1. The summed E-state index contributed by atoms with van der Waals surface area (Å²) in [6.07, 6.45) is 0.143. The van der Waals surface area contributed by atoms with Gasteiger partial charge in [-0.25, -0.2) is 4.98 Å². The van der Waals surface area contributed by atoms with Crippen molar-refractivity contribution in [2.75, 3.05) is 5.32 Å². The van der Waals surface area contributed by atoms with Crippen LogP contribution in [0.4, 0.5) is 5.69 Å². The number of hydrogen-bond acceptors (Lipinski definition) is 4. The van der Waals surface area contributed by atoms with E-state index in [0.717, 1.165) is 22.4 Å². The van der Waals surface area contributed by atoms with Crippen molar-refractivity contribution >= 4 is 28.8 Å². The molecule has 0 aliphatic heterocycles. The van der Waals surface area contributed by atoms with Gasteiger partial charge in [0.2, 0.25) is 5.91 Å². The van der Waals surface area contributed by atoms with E-state index in [4.69, 9.17) is 0 Å². The Morgan fingerprint density at radius 3 is 2.36 bits per heavy atom. The number of aryl methyl sites for hydroxylation is 3. The van der Waals surface area contributed by atoms with Crippen LogP contribution in [0.1, 0.15) is 37.1 Å². The molecule has 0 spiro atoms. The monoisotopic (exact) mass is 393 g/mol. The fourth-order valence-corrected chi connectivity index (χ4v) is 3.97. The molecule has 5 nitrogen and oxygen atoms in total. The number of nitrogens with zero attached hydrogens (tertiary/aromatic N) is 1. The van der Waals surface area contributed by atoms with Gasteiger partial charge in [-0.2, -0.15) is 0 Å². The average Bonchev–Trinajstić information content (AvgIpc) is 2.99. The molecule has 0 aliphatic carbocycles. The summed E-state index contributed by atoms with van der Waals surface area (Å²) in [5, 5.41) is 6.44. The second-order valence-corrected chi connectivity index (χ2v) is 7.88. The Kier molecular flexibility index (Phi) is 6.21. The summed E-state index contributed by atoms with van der Waals surface area (Å²) < 4.78 is 0. The van der Waals surface area contributed by atoms with Gasteiger partial charge in [0.1, 0.15) is 9.88 Å². The van der Waals surface area contributed by atoms with Crippen molar-refractivity contribution in [2.24, 2.45) is 0 Å². The Bertz CT molecular complexity index is 976. The van der Waals surface area contributed by atoms with Gasteiger partial charge in [0.15, 0.2) is 0 Å². The molecule has 3 rings (SSSR count). The van der Waals surface area contributed by atoms with Crippen molar-refractivity contribution in [3.63, 3.8) is 0 Å². The van der Waals surface area contributed by atoms with Gasteiger partial charge in [0, 0.05) is 12.2 Å². The second-order valence-electron chi connectivity index (χ2n) is 6.79. The first-order valence-electron chi connectivity index (χ1n) is 9.07. The number of rotatable bonds is 6. The first-order chi connectivity index (χ1) is 13.4. The van der Waals surface area contributed by atoms with Crippen LogP contribution in [-0.2, 0) is 17.8 Å². The van der Waals surface area contributed by atoms with E-state index >= 15 is 0 Å². The molecule has 144 valence electrons. The Morgan fingerprint density at radius 1 is 1.00 bits per heavy atom. The van der Waals surface area contributed by atoms with E-state index in [1.807, 2.05) is 56.3 Å². The predicted octanol–water partition coefficient (Wildman–Crippen LogP) is 4.18. The second kappa shape index (κ2) is 8.80. The highest BCUT2D eigenvalue weighted by molar-refractivity contribution is 7.13. The van der Waals surface area contributed by atoms with E-state index < -0.39 is 0 Å². The Balaban J connectivity index is 1.61. The van der Waals surface area contributed by atoms with Gasteiger partial charge in [-0.15, -0.1) is 11.3 Å².